The van der Waals surface area contributed by atoms with Crippen molar-refractivity contribution in [2.45, 2.75) is 46.1 Å². The molecule has 0 aromatic rings. The summed E-state index contributed by atoms with van der Waals surface area (Å²) in [6, 6.07) is 0. The third kappa shape index (κ3) is 1.47. The maximum absolute atomic E-state index is 12.1. The summed E-state index contributed by atoms with van der Waals surface area (Å²) in [6.07, 6.45) is 5.84. The van der Waals surface area contributed by atoms with Gasteiger partial charge in [-0.3, -0.25) is 4.79 Å². The van der Waals surface area contributed by atoms with Crippen LogP contribution >= 0.6 is 0 Å². The average Bonchev–Trinajstić information content (AvgIpc) is 2.42. The van der Waals surface area contributed by atoms with Crippen molar-refractivity contribution in [2.24, 2.45) is 11.3 Å². The third-order valence-electron chi connectivity index (χ3n) is 4.34. The largest absolute Gasteiger partial charge is 0.392 e. The molecule has 16 heavy (non-hydrogen) atoms. The van der Waals surface area contributed by atoms with Crippen LogP contribution in [0.1, 0.15) is 40.0 Å². The van der Waals surface area contributed by atoms with Crippen molar-refractivity contribution < 1.29 is 9.90 Å². The molecule has 0 amide bonds. The molecule has 88 valence electrons. The van der Waals surface area contributed by atoms with Crippen molar-refractivity contribution in [1.82, 2.24) is 0 Å². The van der Waals surface area contributed by atoms with Gasteiger partial charge < -0.3 is 5.11 Å². The van der Waals surface area contributed by atoms with Crippen molar-refractivity contribution in [2.75, 3.05) is 0 Å². The van der Waals surface area contributed by atoms with Gasteiger partial charge in [0.25, 0.3) is 0 Å². The van der Waals surface area contributed by atoms with Gasteiger partial charge in [0.1, 0.15) is 0 Å². The Morgan fingerprint density at radius 1 is 1.56 bits per heavy atom. The minimum Gasteiger partial charge on any atom is -0.392 e. The zero-order chi connectivity index (χ0) is 11.9. The Morgan fingerprint density at radius 2 is 2.25 bits per heavy atom. The van der Waals surface area contributed by atoms with Crippen LogP contribution in [0.2, 0.25) is 0 Å². The molecule has 0 bridgehead atoms. The first kappa shape index (κ1) is 11.6. The summed E-state index contributed by atoms with van der Waals surface area (Å²) >= 11 is 0. The molecule has 3 atom stereocenters. The van der Waals surface area contributed by atoms with E-state index in [4.69, 9.17) is 0 Å². The number of rotatable bonds is 1. The number of fused-ring (bicyclic) bond motifs is 1. The molecule has 0 saturated carbocycles. The van der Waals surface area contributed by atoms with Crippen LogP contribution in [-0.2, 0) is 4.79 Å². The topological polar surface area (TPSA) is 37.3 Å². The molecule has 0 saturated heterocycles. The predicted molar refractivity (Wildman–Crippen MR) is 64.0 cm³/mol. The standard InChI is InChI=1S/C14H20O2/c1-4-10-8-13(16)14(3)11(10)6-5-9(2)7-12(14)15/h5,8,11-12,15H,4,6-7H2,1-3H3/t11-,12+,14-/m1/s1. The van der Waals surface area contributed by atoms with Gasteiger partial charge in [0, 0.05) is 0 Å². The Hall–Kier alpha value is -0.890. The average molecular weight is 220 g/mol. The molecule has 2 aliphatic carbocycles. The quantitative estimate of drug-likeness (QED) is 0.690. The Labute approximate surface area is 97.0 Å². The van der Waals surface area contributed by atoms with Gasteiger partial charge in [-0.25, -0.2) is 0 Å². The SMILES string of the molecule is CCC1=CC(=O)[C@]2(C)[C@@H]1CC=C(C)C[C@@H]2O. The van der Waals surface area contributed by atoms with E-state index in [9.17, 15) is 9.90 Å². The molecular weight excluding hydrogens is 200 g/mol. The molecular formula is C14H20O2. The fraction of sp³-hybridized carbons (Fsp3) is 0.643. The first-order valence-electron chi connectivity index (χ1n) is 6.08. The van der Waals surface area contributed by atoms with E-state index in [-0.39, 0.29) is 11.7 Å². The number of hydrogen-bond donors (Lipinski definition) is 1. The number of allylic oxidation sites excluding steroid dienone is 3. The van der Waals surface area contributed by atoms with E-state index in [1.54, 1.807) is 6.08 Å². The van der Waals surface area contributed by atoms with Gasteiger partial charge in [-0.15, -0.1) is 0 Å². The summed E-state index contributed by atoms with van der Waals surface area (Å²) in [6.45, 7) is 6.04. The summed E-state index contributed by atoms with van der Waals surface area (Å²) in [7, 11) is 0. The van der Waals surface area contributed by atoms with Crippen LogP contribution in [0.4, 0.5) is 0 Å². The zero-order valence-corrected chi connectivity index (χ0v) is 10.3. The summed E-state index contributed by atoms with van der Waals surface area (Å²) in [5.41, 5.74) is 1.82. The van der Waals surface area contributed by atoms with E-state index in [0.29, 0.717) is 6.42 Å². The van der Waals surface area contributed by atoms with Gasteiger partial charge in [0.05, 0.1) is 11.5 Å². The van der Waals surface area contributed by atoms with Crippen molar-refractivity contribution in [3.63, 3.8) is 0 Å². The summed E-state index contributed by atoms with van der Waals surface area (Å²) in [5, 5.41) is 10.3. The van der Waals surface area contributed by atoms with E-state index >= 15 is 0 Å². The number of carbonyl (C=O) groups is 1. The van der Waals surface area contributed by atoms with Gasteiger partial charge in [0.2, 0.25) is 0 Å². The highest BCUT2D eigenvalue weighted by molar-refractivity contribution is 5.99. The van der Waals surface area contributed by atoms with E-state index < -0.39 is 11.5 Å². The highest BCUT2D eigenvalue weighted by Crippen LogP contribution is 2.49. The summed E-state index contributed by atoms with van der Waals surface area (Å²) in [4.78, 5) is 12.1. The molecule has 1 N–H and O–H groups in total. The van der Waals surface area contributed by atoms with E-state index in [1.165, 1.54) is 11.1 Å². The lowest BCUT2D eigenvalue weighted by atomic mass is 9.70. The molecule has 0 unspecified atom stereocenters. The normalized spacial score (nSPS) is 38.9. The highest BCUT2D eigenvalue weighted by atomic mass is 16.3. The fourth-order valence-corrected chi connectivity index (χ4v) is 3.04. The number of aliphatic hydroxyl groups is 1. The zero-order valence-electron chi connectivity index (χ0n) is 10.3. The van der Waals surface area contributed by atoms with Gasteiger partial charge in [-0.05, 0) is 45.1 Å². The molecule has 0 radical (unpaired) electrons. The molecule has 0 spiro atoms. The third-order valence-corrected chi connectivity index (χ3v) is 4.34. The Bertz CT molecular complexity index is 378. The molecule has 0 aromatic carbocycles. The molecule has 0 aliphatic heterocycles. The Balaban J connectivity index is 2.42. The molecule has 2 aliphatic rings. The maximum atomic E-state index is 12.1. The minimum atomic E-state index is -0.584. The van der Waals surface area contributed by atoms with Crippen molar-refractivity contribution in [3.8, 4) is 0 Å². The lowest BCUT2D eigenvalue weighted by Gasteiger charge is -2.34. The fourth-order valence-electron chi connectivity index (χ4n) is 3.04. The van der Waals surface area contributed by atoms with Crippen LogP contribution in [0, 0.1) is 11.3 Å². The van der Waals surface area contributed by atoms with Gasteiger partial charge >= 0.3 is 0 Å². The molecule has 0 aromatic heterocycles. The second kappa shape index (κ2) is 3.85. The van der Waals surface area contributed by atoms with Crippen LogP contribution in [-0.4, -0.2) is 17.0 Å². The van der Waals surface area contributed by atoms with Crippen LogP contribution in [0.15, 0.2) is 23.3 Å². The lowest BCUT2D eigenvalue weighted by Crippen LogP contribution is -2.41. The van der Waals surface area contributed by atoms with Crippen LogP contribution in [0.25, 0.3) is 0 Å². The molecule has 2 heteroatoms. The second-order valence-electron chi connectivity index (χ2n) is 5.28. The minimum absolute atomic E-state index is 0.116. The van der Waals surface area contributed by atoms with Crippen LogP contribution in [0.3, 0.4) is 0 Å². The van der Waals surface area contributed by atoms with Gasteiger partial charge in [-0.2, -0.15) is 0 Å². The molecule has 2 nitrogen and oxygen atoms in total. The maximum Gasteiger partial charge on any atom is 0.164 e. The van der Waals surface area contributed by atoms with Gasteiger partial charge in [0.15, 0.2) is 5.78 Å². The Kier molecular flexibility index (Phi) is 2.79. The van der Waals surface area contributed by atoms with Crippen LogP contribution < -0.4 is 0 Å². The smallest absolute Gasteiger partial charge is 0.164 e. The molecule has 0 heterocycles. The first-order chi connectivity index (χ1) is 7.50. The van der Waals surface area contributed by atoms with E-state index in [1.807, 2.05) is 13.8 Å². The highest BCUT2D eigenvalue weighted by Gasteiger charge is 2.51. The summed E-state index contributed by atoms with van der Waals surface area (Å²) < 4.78 is 0. The monoisotopic (exact) mass is 220 g/mol. The predicted octanol–water partition coefficient (Wildman–Crippen LogP) is 2.63. The second-order valence-corrected chi connectivity index (χ2v) is 5.28. The lowest BCUT2D eigenvalue weighted by molar-refractivity contribution is -0.130. The first-order valence-corrected chi connectivity index (χ1v) is 6.08. The van der Waals surface area contributed by atoms with Crippen molar-refractivity contribution in [3.05, 3.63) is 23.3 Å². The van der Waals surface area contributed by atoms with Crippen molar-refractivity contribution in [1.29, 1.82) is 0 Å². The van der Waals surface area contributed by atoms with Crippen molar-refractivity contribution >= 4 is 5.78 Å². The van der Waals surface area contributed by atoms with Crippen LogP contribution in [0.5, 0.6) is 0 Å². The number of carbonyl (C=O) groups excluding carboxylic acids is 1. The van der Waals surface area contributed by atoms with E-state index in [2.05, 4.69) is 13.0 Å². The van der Waals surface area contributed by atoms with Gasteiger partial charge in [-0.1, -0.05) is 24.1 Å². The Morgan fingerprint density at radius 3 is 2.88 bits per heavy atom. The van der Waals surface area contributed by atoms with E-state index in [0.717, 1.165) is 12.8 Å². The molecule has 0 fully saturated rings. The number of aliphatic hydroxyl groups excluding tert-OH is 1. The summed E-state index contributed by atoms with van der Waals surface area (Å²) in [5.74, 6) is 0.322. The molecule has 2 rings (SSSR count). The number of ketones is 1. The number of hydrogen-bond acceptors (Lipinski definition) is 2.